The highest BCUT2D eigenvalue weighted by Crippen LogP contribution is 2.00. The van der Waals surface area contributed by atoms with Crippen molar-refractivity contribution in [1.29, 1.82) is 10.5 Å². The zero-order valence-corrected chi connectivity index (χ0v) is 7.45. The molecule has 13 heavy (non-hydrogen) atoms. The second kappa shape index (κ2) is 8.55. The summed E-state index contributed by atoms with van der Waals surface area (Å²) in [5.74, 6) is -0.284. The Morgan fingerprint density at radius 2 is 1.85 bits per heavy atom. The van der Waals surface area contributed by atoms with Crippen LogP contribution in [0.5, 0.6) is 0 Å². The van der Waals surface area contributed by atoms with E-state index >= 15 is 0 Å². The Balaban J connectivity index is 3.22. The molecule has 70 valence electrons. The van der Waals surface area contributed by atoms with Gasteiger partial charge in [-0.25, -0.2) is 0 Å². The minimum absolute atomic E-state index is 0.174. The van der Waals surface area contributed by atoms with Gasteiger partial charge in [-0.2, -0.15) is 10.5 Å². The molecule has 0 aliphatic heterocycles. The van der Waals surface area contributed by atoms with Gasteiger partial charge in [0.05, 0.1) is 18.6 Å². The van der Waals surface area contributed by atoms with Crippen LogP contribution in [0.15, 0.2) is 0 Å². The molecule has 0 atom stereocenters. The maximum atomic E-state index is 10.9. The van der Waals surface area contributed by atoms with Crippen LogP contribution in [-0.2, 0) is 9.53 Å². The number of carbonyl (C=O) groups excluding carboxylic acids is 1. The van der Waals surface area contributed by atoms with E-state index in [1.54, 1.807) is 0 Å². The molecule has 0 fully saturated rings. The number of ether oxygens (including phenoxy) is 1. The van der Waals surface area contributed by atoms with Gasteiger partial charge in [-0.15, -0.1) is 0 Å². The molecule has 4 heteroatoms. The van der Waals surface area contributed by atoms with Crippen molar-refractivity contribution in [3.05, 3.63) is 0 Å². The number of rotatable bonds is 6. The summed E-state index contributed by atoms with van der Waals surface area (Å²) in [5, 5.41) is 16.4. The maximum Gasteiger partial charge on any atom is 0.305 e. The number of hydrogen-bond acceptors (Lipinski definition) is 4. The first-order chi connectivity index (χ1) is 6.31. The molecule has 0 N–H and O–H groups in total. The van der Waals surface area contributed by atoms with Crippen LogP contribution < -0.4 is 0 Å². The van der Waals surface area contributed by atoms with Crippen molar-refractivity contribution in [3.8, 4) is 12.1 Å². The minimum Gasteiger partial charge on any atom is -0.465 e. The lowest BCUT2D eigenvalue weighted by Crippen LogP contribution is -2.04. The third kappa shape index (κ3) is 8.36. The van der Waals surface area contributed by atoms with Gasteiger partial charge in [-0.1, -0.05) is 0 Å². The third-order valence-corrected chi connectivity index (χ3v) is 1.40. The Labute approximate surface area is 77.7 Å². The van der Waals surface area contributed by atoms with Crippen LogP contribution in [0.1, 0.15) is 32.1 Å². The number of hydrogen-bond donors (Lipinski definition) is 0. The Morgan fingerprint density at radius 3 is 2.46 bits per heavy atom. The molecule has 0 saturated heterocycles. The first-order valence-corrected chi connectivity index (χ1v) is 4.20. The predicted octanol–water partition coefficient (Wildman–Crippen LogP) is 1.53. The van der Waals surface area contributed by atoms with Gasteiger partial charge in [0.2, 0.25) is 0 Å². The van der Waals surface area contributed by atoms with Crippen LogP contribution in [0.2, 0.25) is 0 Å². The molecule has 0 heterocycles. The molecule has 0 radical (unpaired) electrons. The van der Waals surface area contributed by atoms with Crippen molar-refractivity contribution >= 4 is 5.97 Å². The summed E-state index contributed by atoms with van der Waals surface area (Å²) in [6.45, 7) is 0.174. The average Bonchev–Trinajstić information content (AvgIpc) is 2.13. The number of unbranched alkanes of at least 4 members (excludes halogenated alkanes) is 2. The molecule has 0 aromatic carbocycles. The normalized spacial score (nSPS) is 8.46. The fourth-order valence-electron chi connectivity index (χ4n) is 0.756. The molecule has 0 saturated carbocycles. The van der Waals surface area contributed by atoms with Crippen molar-refractivity contribution in [1.82, 2.24) is 0 Å². The molecule has 0 amide bonds. The maximum absolute atomic E-state index is 10.9. The first-order valence-electron chi connectivity index (χ1n) is 4.20. The average molecular weight is 180 g/mol. The quantitative estimate of drug-likeness (QED) is 0.459. The summed E-state index contributed by atoms with van der Waals surface area (Å²) in [6, 6.07) is 3.88. The van der Waals surface area contributed by atoms with Crippen molar-refractivity contribution < 1.29 is 9.53 Å². The molecule has 0 spiro atoms. The molecule has 4 nitrogen and oxygen atoms in total. The van der Waals surface area contributed by atoms with E-state index in [-0.39, 0.29) is 19.0 Å². The van der Waals surface area contributed by atoms with Crippen LogP contribution in [0.4, 0.5) is 0 Å². The third-order valence-electron chi connectivity index (χ3n) is 1.40. The van der Waals surface area contributed by atoms with Crippen molar-refractivity contribution in [2.75, 3.05) is 6.61 Å². The standard InChI is InChI=1S/C9H12N2O2/c10-6-3-1-2-5-9(12)13-8-4-7-11/h1-5,8H2. The fourth-order valence-corrected chi connectivity index (χ4v) is 0.756. The second-order valence-electron chi connectivity index (χ2n) is 2.49. The van der Waals surface area contributed by atoms with Gasteiger partial charge in [0, 0.05) is 12.8 Å². The first kappa shape index (κ1) is 11.4. The second-order valence-corrected chi connectivity index (χ2v) is 2.49. The van der Waals surface area contributed by atoms with Gasteiger partial charge in [0.15, 0.2) is 0 Å². The topological polar surface area (TPSA) is 73.9 Å². The van der Waals surface area contributed by atoms with Gasteiger partial charge in [0.1, 0.15) is 6.61 Å². The lowest BCUT2D eigenvalue weighted by atomic mass is 10.2. The molecule has 0 unspecified atom stereocenters. The van der Waals surface area contributed by atoms with E-state index in [2.05, 4.69) is 0 Å². The summed E-state index contributed by atoms with van der Waals surface area (Å²) in [7, 11) is 0. The highest BCUT2D eigenvalue weighted by atomic mass is 16.5. The largest absolute Gasteiger partial charge is 0.465 e. The van der Waals surface area contributed by atoms with Gasteiger partial charge >= 0.3 is 5.97 Å². The summed E-state index contributed by atoms with van der Waals surface area (Å²) in [6.07, 6.45) is 2.46. The smallest absolute Gasteiger partial charge is 0.305 e. The van der Waals surface area contributed by atoms with Crippen LogP contribution in [0.25, 0.3) is 0 Å². The van der Waals surface area contributed by atoms with E-state index in [0.717, 1.165) is 6.42 Å². The van der Waals surface area contributed by atoms with Crippen molar-refractivity contribution in [2.24, 2.45) is 0 Å². The highest BCUT2D eigenvalue weighted by Gasteiger charge is 2.01. The molecule has 0 rings (SSSR count). The SMILES string of the molecule is N#CCCCCC(=O)OCCC#N. The van der Waals surface area contributed by atoms with Gasteiger partial charge in [0.25, 0.3) is 0 Å². The van der Waals surface area contributed by atoms with E-state index < -0.39 is 0 Å². The monoisotopic (exact) mass is 180 g/mol. The van der Waals surface area contributed by atoms with E-state index in [9.17, 15) is 4.79 Å². The molecule has 0 aromatic heterocycles. The van der Waals surface area contributed by atoms with Crippen molar-refractivity contribution in [3.63, 3.8) is 0 Å². The van der Waals surface area contributed by atoms with Crippen LogP contribution in [-0.4, -0.2) is 12.6 Å². The zero-order chi connectivity index (χ0) is 9.94. The summed E-state index contributed by atoms with van der Waals surface area (Å²) in [4.78, 5) is 10.9. The summed E-state index contributed by atoms with van der Waals surface area (Å²) < 4.78 is 4.72. The zero-order valence-electron chi connectivity index (χ0n) is 7.45. The Bertz CT molecular complexity index is 225. The Kier molecular flexibility index (Phi) is 7.53. The molecule has 0 aromatic rings. The van der Waals surface area contributed by atoms with E-state index in [4.69, 9.17) is 15.3 Å². The summed E-state index contributed by atoms with van der Waals surface area (Å²) >= 11 is 0. The van der Waals surface area contributed by atoms with Crippen LogP contribution in [0.3, 0.4) is 0 Å². The lowest BCUT2D eigenvalue weighted by Gasteiger charge is -2.00. The van der Waals surface area contributed by atoms with Gasteiger partial charge in [-0.3, -0.25) is 4.79 Å². The predicted molar refractivity (Wildman–Crippen MR) is 45.3 cm³/mol. The number of esters is 1. The van der Waals surface area contributed by atoms with Crippen molar-refractivity contribution in [2.45, 2.75) is 32.1 Å². The fraction of sp³-hybridized carbons (Fsp3) is 0.667. The number of nitriles is 2. The van der Waals surface area contributed by atoms with Gasteiger partial charge < -0.3 is 4.74 Å². The lowest BCUT2D eigenvalue weighted by molar-refractivity contribution is -0.143. The minimum atomic E-state index is -0.284. The number of carbonyl (C=O) groups is 1. The molecular weight excluding hydrogens is 168 g/mol. The molecule has 0 aliphatic rings. The molecule has 0 bridgehead atoms. The van der Waals surface area contributed by atoms with Crippen LogP contribution in [0, 0.1) is 22.7 Å². The van der Waals surface area contributed by atoms with E-state index in [1.165, 1.54) is 0 Å². The molecule has 0 aliphatic carbocycles. The van der Waals surface area contributed by atoms with Gasteiger partial charge in [-0.05, 0) is 12.8 Å². The summed E-state index contributed by atoms with van der Waals surface area (Å²) in [5.41, 5.74) is 0. The van der Waals surface area contributed by atoms with E-state index in [1.807, 2.05) is 12.1 Å². The Morgan fingerprint density at radius 1 is 1.15 bits per heavy atom. The number of nitrogens with zero attached hydrogens (tertiary/aromatic N) is 2. The Hall–Kier alpha value is -1.55. The molecular formula is C9H12N2O2. The van der Waals surface area contributed by atoms with E-state index in [0.29, 0.717) is 19.3 Å². The van der Waals surface area contributed by atoms with Crippen LogP contribution >= 0.6 is 0 Å². The highest BCUT2D eigenvalue weighted by molar-refractivity contribution is 5.69.